The van der Waals surface area contributed by atoms with E-state index in [1.165, 1.54) is 6.07 Å². The van der Waals surface area contributed by atoms with Gasteiger partial charge < -0.3 is 9.47 Å². The van der Waals surface area contributed by atoms with Crippen LogP contribution in [0.25, 0.3) is 0 Å². The third-order valence-electron chi connectivity index (χ3n) is 2.51. The monoisotopic (exact) mass is 360 g/mol. The summed E-state index contributed by atoms with van der Waals surface area (Å²) in [7, 11) is 0. The fourth-order valence-electron chi connectivity index (χ4n) is 1.35. The molecule has 2 rings (SSSR count). The van der Waals surface area contributed by atoms with Gasteiger partial charge >= 0.3 is 5.69 Å². The van der Waals surface area contributed by atoms with E-state index in [0.29, 0.717) is 10.2 Å². The van der Waals surface area contributed by atoms with Crippen LogP contribution in [0.4, 0.5) is 5.69 Å². The van der Waals surface area contributed by atoms with Crippen LogP contribution in [0.15, 0.2) is 12.1 Å². The first-order valence-electron chi connectivity index (χ1n) is 5.10. The molecule has 0 spiro atoms. The van der Waals surface area contributed by atoms with E-state index in [0.717, 1.165) is 0 Å². The van der Waals surface area contributed by atoms with E-state index in [9.17, 15) is 10.1 Å². The van der Waals surface area contributed by atoms with Crippen LogP contribution in [0.3, 0.4) is 0 Å². The van der Waals surface area contributed by atoms with Gasteiger partial charge in [0, 0.05) is 6.07 Å². The van der Waals surface area contributed by atoms with Gasteiger partial charge in [-0.2, -0.15) is 5.26 Å². The predicted octanol–water partition coefficient (Wildman–Crippen LogP) is 2.24. The smallest absolute Gasteiger partial charge is 0.313 e. The predicted molar refractivity (Wildman–Crippen MR) is 70.4 cm³/mol. The Kier molecular flexibility index (Phi) is 3.41. The second-order valence-electron chi connectivity index (χ2n) is 4.20. The molecule has 1 heterocycles. The van der Waals surface area contributed by atoms with Gasteiger partial charge in [0.05, 0.1) is 26.7 Å². The number of epoxide rings is 1. The van der Waals surface area contributed by atoms with Crippen LogP contribution < -0.4 is 4.74 Å². The van der Waals surface area contributed by atoms with Gasteiger partial charge in [-0.3, -0.25) is 10.1 Å². The number of rotatable bonds is 4. The highest BCUT2D eigenvalue weighted by Gasteiger charge is 2.41. The second kappa shape index (κ2) is 4.70. The highest BCUT2D eigenvalue weighted by atomic mass is 127. The standard InChI is InChI=1S/C11H9IN2O4/c1-11(6-18-11)5-17-10-8(12)2-7(4-13)3-9(10)14(15)16/h2-3H,5-6H2,1H3. The quantitative estimate of drug-likeness (QED) is 0.356. The maximum atomic E-state index is 11.0. The van der Waals surface area contributed by atoms with Crippen LogP contribution in [0, 0.1) is 25.0 Å². The molecular weight excluding hydrogens is 351 g/mol. The van der Waals surface area contributed by atoms with E-state index in [4.69, 9.17) is 14.7 Å². The molecule has 1 atom stereocenters. The largest absolute Gasteiger partial charge is 0.483 e. The Hall–Kier alpha value is -1.40. The van der Waals surface area contributed by atoms with Gasteiger partial charge in [-0.25, -0.2) is 0 Å². The van der Waals surface area contributed by atoms with Crippen molar-refractivity contribution in [3.63, 3.8) is 0 Å². The number of benzene rings is 1. The Morgan fingerprint density at radius 1 is 1.72 bits per heavy atom. The highest BCUT2D eigenvalue weighted by molar-refractivity contribution is 14.1. The third kappa shape index (κ3) is 2.70. The molecule has 0 radical (unpaired) electrons. The Morgan fingerprint density at radius 2 is 2.39 bits per heavy atom. The molecule has 0 aromatic heterocycles. The van der Waals surface area contributed by atoms with Crippen LogP contribution in [-0.2, 0) is 4.74 Å². The number of hydrogen-bond donors (Lipinski definition) is 0. The minimum Gasteiger partial charge on any atom is -0.483 e. The van der Waals surface area contributed by atoms with E-state index in [-0.39, 0.29) is 29.2 Å². The average molecular weight is 360 g/mol. The zero-order valence-corrected chi connectivity index (χ0v) is 11.6. The SMILES string of the molecule is CC1(COc2c(I)cc(C#N)cc2[N+](=O)[O-])CO1. The number of hydrogen-bond acceptors (Lipinski definition) is 5. The first-order valence-corrected chi connectivity index (χ1v) is 6.18. The number of halogens is 1. The third-order valence-corrected chi connectivity index (χ3v) is 3.31. The van der Waals surface area contributed by atoms with Crippen molar-refractivity contribution in [2.45, 2.75) is 12.5 Å². The zero-order chi connectivity index (χ0) is 13.3. The number of nitrogens with zero attached hydrogens (tertiary/aromatic N) is 2. The lowest BCUT2D eigenvalue weighted by Crippen LogP contribution is -2.18. The topological polar surface area (TPSA) is 88.7 Å². The molecule has 0 aliphatic carbocycles. The van der Waals surface area contributed by atoms with E-state index >= 15 is 0 Å². The van der Waals surface area contributed by atoms with Crippen molar-refractivity contribution in [1.82, 2.24) is 0 Å². The lowest BCUT2D eigenvalue weighted by atomic mass is 10.2. The molecule has 1 aromatic carbocycles. The molecule has 1 fully saturated rings. The maximum Gasteiger partial charge on any atom is 0.313 e. The summed E-state index contributed by atoms with van der Waals surface area (Å²) in [6.07, 6.45) is 0. The molecule has 1 aliphatic rings. The minimum absolute atomic E-state index is 0.191. The first kappa shape index (κ1) is 13.0. The fourth-order valence-corrected chi connectivity index (χ4v) is 2.12. The number of nitro groups is 1. The summed E-state index contributed by atoms with van der Waals surface area (Å²) in [6, 6.07) is 4.66. The van der Waals surface area contributed by atoms with Gasteiger partial charge in [0.15, 0.2) is 0 Å². The average Bonchev–Trinajstić information content (AvgIpc) is 3.05. The Labute approximate surface area is 117 Å². The number of nitro benzene ring substituents is 1. The molecule has 18 heavy (non-hydrogen) atoms. The number of ether oxygens (including phenoxy) is 2. The highest BCUT2D eigenvalue weighted by Crippen LogP contribution is 2.35. The first-order chi connectivity index (χ1) is 8.45. The molecule has 1 aromatic rings. The minimum atomic E-state index is -0.547. The molecule has 0 bridgehead atoms. The van der Waals surface area contributed by atoms with E-state index in [1.807, 2.05) is 35.6 Å². The number of nitriles is 1. The maximum absolute atomic E-state index is 11.0. The van der Waals surface area contributed by atoms with Gasteiger partial charge in [0.2, 0.25) is 5.75 Å². The fraction of sp³-hybridized carbons (Fsp3) is 0.364. The van der Waals surface area contributed by atoms with E-state index in [1.54, 1.807) is 6.07 Å². The summed E-state index contributed by atoms with van der Waals surface area (Å²) in [5, 5.41) is 19.8. The van der Waals surface area contributed by atoms with Crippen LogP contribution in [-0.4, -0.2) is 23.7 Å². The molecule has 1 unspecified atom stereocenters. The summed E-state index contributed by atoms with van der Waals surface area (Å²) in [4.78, 5) is 10.4. The lowest BCUT2D eigenvalue weighted by molar-refractivity contribution is -0.386. The van der Waals surface area contributed by atoms with Crippen molar-refractivity contribution in [3.8, 4) is 11.8 Å². The molecule has 94 valence electrons. The van der Waals surface area contributed by atoms with Crippen LogP contribution >= 0.6 is 22.6 Å². The molecule has 0 saturated carbocycles. The van der Waals surface area contributed by atoms with Crippen molar-refractivity contribution < 1.29 is 14.4 Å². The van der Waals surface area contributed by atoms with Crippen LogP contribution in [0.1, 0.15) is 12.5 Å². The summed E-state index contributed by atoms with van der Waals surface area (Å²) in [5.41, 5.74) is -0.291. The van der Waals surface area contributed by atoms with E-state index in [2.05, 4.69) is 0 Å². The van der Waals surface area contributed by atoms with Crippen molar-refractivity contribution in [1.29, 1.82) is 5.26 Å². The van der Waals surface area contributed by atoms with Crippen molar-refractivity contribution in [2.75, 3.05) is 13.2 Å². The lowest BCUT2D eigenvalue weighted by Gasteiger charge is -2.11. The van der Waals surface area contributed by atoms with Crippen molar-refractivity contribution in [2.24, 2.45) is 0 Å². The Balaban J connectivity index is 2.32. The van der Waals surface area contributed by atoms with Gasteiger partial charge in [-0.15, -0.1) is 0 Å². The molecule has 6 nitrogen and oxygen atoms in total. The normalized spacial score (nSPS) is 21.2. The molecule has 7 heteroatoms. The molecule has 1 aliphatic heterocycles. The Bertz CT molecular complexity index is 549. The van der Waals surface area contributed by atoms with Gasteiger partial charge in [0.25, 0.3) is 0 Å². The summed E-state index contributed by atoms with van der Waals surface area (Å²) in [5.74, 6) is 0.191. The molecule has 1 saturated heterocycles. The summed E-state index contributed by atoms with van der Waals surface area (Å²) >= 11 is 1.92. The second-order valence-corrected chi connectivity index (χ2v) is 5.36. The van der Waals surface area contributed by atoms with Crippen molar-refractivity contribution in [3.05, 3.63) is 31.4 Å². The van der Waals surface area contributed by atoms with Crippen LogP contribution in [0.2, 0.25) is 0 Å². The van der Waals surface area contributed by atoms with E-state index < -0.39 is 4.92 Å². The van der Waals surface area contributed by atoms with Gasteiger partial charge in [-0.05, 0) is 35.6 Å². The van der Waals surface area contributed by atoms with Crippen LogP contribution in [0.5, 0.6) is 5.75 Å². The zero-order valence-electron chi connectivity index (χ0n) is 9.47. The summed E-state index contributed by atoms with van der Waals surface area (Å²) in [6.45, 7) is 2.72. The van der Waals surface area contributed by atoms with Gasteiger partial charge in [-0.1, -0.05) is 0 Å². The Morgan fingerprint density at radius 3 is 2.89 bits per heavy atom. The molecule has 0 N–H and O–H groups in total. The molecule has 0 amide bonds. The summed E-state index contributed by atoms with van der Waals surface area (Å²) < 4.78 is 11.2. The van der Waals surface area contributed by atoms with Gasteiger partial charge in [0.1, 0.15) is 12.2 Å². The molecular formula is C11H9IN2O4. The van der Waals surface area contributed by atoms with Crippen molar-refractivity contribution >= 4 is 28.3 Å².